The van der Waals surface area contributed by atoms with Gasteiger partial charge in [0.05, 0.1) is 10.4 Å². The summed E-state index contributed by atoms with van der Waals surface area (Å²) in [5, 5.41) is 14.7. The molecule has 2 aromatic rings. The minimum absolute atomic E-state index is 0.0495. The van der Waals surface area contributed by atoms with Crippen LogP contribution in [0.5, 0.6) is 0 Å². The van der Waals surface area contributed by atoms with Crippen LogP contribution in [0.15, 0.2) is 29.3 Å². The van der Waals surface area contributed by atoms with E-state index in [4.69, 9.17) is 4.74 Å². The molecule has 0 bridgehead atoms. The molecule has 8 heteroatoms. The Bertz CT molecular complexity index is 833. The van der Waals surface area contributed by atoms with Crippen molar-refractivity contribution in [1.82, 2.24) is 10.3 Å². The van der Waals surface area contributed by atoms with E-state index >= 15 is 0 Å². The van der Waals surface area contributed by atoms with Crippen LogP contribution in [0.4, 0.5) is 10.5 Å². The Morgan fingerprint density at radius 3 is 2.73 bits per heavy atom. The highest BCUT2D eigenvalue weighted by atomic mass is 32.2. The second-order valence-corrected chi connectivity index (χ2v) is 8.51. The third-order valence-corrected chi connectivity index (χ3v) is 4.66. The smallest absolute Gasteiger partial charge is 0.407 e. The van der Waals surface area contributed by atoms with Gasteiger partial charge in [-0.15, -0.1) is 11.8 Å². The number of hydrogen-bond donors (Lipinski definition) is 1. The highest BCUT2D eigenvalue weighted by molar-refractivity contribution is 8.00. The topological polar surface area (TPSA) is 94.4 Å². The number of aromatic nitrogens is 1. The average molecular weight is 377 g/mol. The number of nitrogens with zero attached hydrogens (tertiary/aromatic N) is 2. The number of carbonyl (C=O) groups is 1. The van der Waals surface area contributed by atoms with Gasteiger partial charge in [-0.3, -0.25) is 15.1 Å². The van der Waals surface area contributed by atoms with Gasteiger partial charge in [0.2, 0.25) is 0 Å². The standard InChI is InChI=1S/C18H23N3O4S/c1-11-8-14-13(9-15(11)21(23)24)16(6-7-19-14)26-12(2)10-20-17(22)25-18(3,4)5/h6-9,12H,10H2,1-5H3,(H,20,22). The van der Waals surface area contributed by atoms with E-state index in [2.05, 4.69) is 10.3 Å². The molecule has 1 N–H and O–H groups in total. The molecule has 1 atom stereocenters. The molecule has 0 aliphatic rings. The van der Waals surface area contributed by atoms with Crippen LogP contribution >= 0.6 is 11.8 Å². The number of carbonyl (C=O) groups excluding carboxylic acids is 1. The Balaban J connectivity index is 2.13. The molecule has 0 saturated heterocycles. The van der Waals surface area contributed by atoms with Crippen molar-refractivity contribution in [2.45, 2.75) is 50.4 Å². The average Bonchev–Trinajstić information content (AvgIpc) is 2.50. The van der Waals surface area contributed by atoms with Crippen molar-refractivity contribution in [3.8, 4) is 0 Å². The number of thioether (sulfide) groups is 1. The Hall–Kier alpha value is -2.35. The van der Waals surface area contributed by atoms with E-state index in [-0.39, 0.29) is 15.9 Å². The summed E-state index contributed by atoms with van der Waals surface area (Å²) >= 11 is 1.53. The van der Waals surface area contributed by atoms with Crippen LogP contribution in [-0.2, 0) is 4.74 Å². The number of fused-ring (bicyclic) bond motifs is 1. The van der Waals surface area contributed by atoms with E-state index in [1.165, 1.54) is 11.8 Å². The van der Waals surface area contributed by atoms with Crippen molar-refractivity contribution in [2.24, 2.45) is 0 Å². The molecule has 2 rings (SSSR count). The predicted molar refractivity (Wildman–Crippen MR) is 103 cm³/mol. The van der Waals surface area contributed by atoms with E-state index in [0.717, 1.165) is 10.3 Å². The molecule has 0 spiro atoms. The van der Waals surface area contributed by atoms with E-state index < -0.39 is 11.7 Å². The Morgan fingerprint density at radius 1 is 1.42 bits per heavy atom. The number of amides is 1. The van der Waals surface area contributed by atoms with Crippen LogP contribution in [0.2, 0.25) is 0 Å². The van der Waals surface area contributed by atoms with Gasteiger partial charge in [-0.05, 0) is 39.8 Å². The molecule has 0 saturated carbocycles. The van der Waals surface area contributed by atoms with Crippen molar-refractivity contribution in [3.63, 3.8) is 0 Å². The number of pyridine rings is 1. The Kier molecular flexibility index (Phi) is 6.07. The number of rotatable bonds is 5. The summed E-state index contributed by atoms with van der Waals surface area (Å²) in [6.45, 7) is 9.51. The normalized spacial score (nSPS) is 12.7. The number of benzene rings is 1. The molecule has 1 amide bonds. The zero-order chi connectivity index (χ0) is 19.5. The molecule has 0 radical (unpaired) electrons. The van der Waals surface area contributed by atoms with Gasteiger partial charge >= 0.3 is 6.09 Å². The van der Waals surface area contributed by atoms with E-state index in [1.807, 2.05) is 33.8 Å². The van der Waals surface area contributed by atoms with Crippen LogP contribution < -0.4 is 5.32 Å². The lowest BCUT2D eigenvalue weighted by atomic mass is 10.1. The van der Waals surface area contributed by atoms with Crippen LogP contribution in [0.3, 0.4) is 0 Å². The highest BCUT2D eigenvalue weighted by Gasteiger charge is 2.18. The van der Waals surface area contributed by atoms with Crippen molar-refractivity contribution < 1.29 is 14.5 Å². The highest BCUT2D eigenvalue weighted by Crippen LogP contribution is 2.33. The molecule has 1 aromatic carbocycles. The monoisotopic (exact) mass is 377 g/mol. The summed E-state index contributed by atoms with van der Waals surface area (Å²) in [4.78, 5) is 27.8. The second-order valence-electron chi connectivity index (χ2n) is 7.03. The summed E-state index contributed by atoms with van der Waals surface area (Å²) < 4.78 is 5.22. The first-order valence-electron chi connectivity index (χ1n) is 8.24. The van der Waals surface area contributed by atoms with Crippen LogP contribution in [0.25, 0.3) is 10.9 Å². The van der Waals surface area contributed by atoms with Crippen LogP contribution in [0, 0.1) is 17.0 Å². The molecular weight excluding hydrogens is 354 g/mol. The van der Waals surface area contributed by atoms with Gasteiger partial charge in [-0.25, -0.2) is 4.79 Å². The second kappa shape index (κ2) is 7.90. The van der Waals surface area contributed by atoms with Gasteiger partial charge < -0.3 is 10.1 Å². The number of ether oxygens (including phenoxy) is 1. The summed E-state index contributed by atoms with van der Waals surface area (Å²) in [5.41, 5.74) is 0.826. The molecule has 1 aromatic heterocycles. The molecule has 26 heavy (non-hydrogen) atoms. The summed E-state index contributed by atoms with van der Waals surface area (Å²) in [6.07, 6.45) is 1.22. The zero-order valence-electron chi connectivity index (χ0n) is 15.5. The fourth-order valence-corrected chi connectivity index (χ4v) is 3.39. The maximum absolute atomic E-state index is 11.8. The first-order chi connectivity index (χ1) is 12.1. The molecule has 0 aliphatic carbocycles. The number of nitrogens with one attached hydrogen (secondary N) is 1. The molecule has 0 aliphatic heterocycles. The molecule has 0 fully saturated rings. The van der Waals surface area contributed by atoms with E-state index in [9.17, 15) is 14.9 Å². The van der Waals surface area contributed by atoms with Crippen LogP contribution in [-0.4, -0.2) is 33.4 Å². The minimum atomic E-state index is -0.543. The van der Waals surface area contributed by atoms with Gasteiger partial charge in [0.15, 0.2) is 0 Å². The lowest BCUT2D eigenvalue weighted by Crippen LogP contribution is -2.35. The number of nitro benzene ring substituents is 1. The maximum atomic E-state index is 11.8. The fourth-order valence-electron chi connectivity index (χ4n) is 2.36. The van der Waals surface area contributed by atoms with E-state index in [0.29, 0.717) is 17.6 Å². The lowest BCUT2D eigenvalue weighted by molar-refractivity contribution is -0.385. The summed E-state index contributed by atoms with van der Waals surface area (Å²) in [7, 11) is 0. The molecule has 1 heterocycles. The molecule has 1 unspecified atom stereocenters. The summed E-state index contributed by atoms with van der Waals surface area (Å²) in [5.74, 6) is 0. The number of aryl methyl sites for hydroxylation is 1. The van der Waals surface area contributed by atoms with Gasteiger partial charge in [-0.2, -0.15) is 0 Å². The minimum Gasteiger partial charge on any atom is -0.444 e. The van der Waals surface area contributed by atoms with Crippen molar-refractivity contribution in [1.29, 1.82) is 0 Å². The summed E-state index contributed by atoms with van der Waals surface area (Å²) in [6, 6.07) is 5.12. The molecule has 140 valence electrons. The van der Waals surface area contributed by atoms with Gasteiger partial charge in [0.1, 0.15) is 5.60 Å². The number of hydrogen-bond acceptors (Lipinski definition) is 6. The number of nitro groups is 1. The van der Waals surface area contributed by atoms with Crippen molar-refractivity contribution in [3.05, 3.63) is 40.1 Å². The molecule has 7 nitrogen and oxygen atoms in total. The largest absolute Gasteiger partial charge is 0.444 e. The van der Waals surface area contributed by atoms with Gasteiger partial charge in [-0.1, -0.05) is 6.92 Å². The lowest BCUT2D eigenvalue weighted by Gasteiger charge is -2.20. The third kappa shape index (κ3) is 5.32. The Morgan fingerprint density at radius 2 is 2.12 bits per heavy atom. The quantitative estimate of drug-likeness (QED) is 0.470. The predicted octanol–water partition coefficient (Wildman–Crippen LogP) is 4.46. The first-order valence-corrected chi connectivity index (χ1v) is 9.12. The van der Waals surface area contributed by atoms with Gasteiger partial charge in [0.25, 0.3) is 5.69 Å². The number of alkyl carbamates (subject to hydrolysis) is 1. The fraction of sp³-hybridized carbons (Fsp3) is 0.444. The van der Waals surface area contributed by atoms with E-state index in [1.54, 1.807) is 25.3 Å². The van der Waals surface area contributed by atoms with Crippen molar-refractivity contribution in [2.75, 3.05) is 6.54 Å². The maximum Gasteiger partial charge on any atom is 0.407 e. The van der Waals surface area contributed by atoms with Crippen molar-refractivity contribution >= 4 is 34.4 Å². The van der Waals surface area contributed by atoms with Crippen LogP contribution in [0.1, 0.15) is 33.3 Å². The third-order valence-electron chi connectivity index (χ3n) is 3.48. The zero-order valence-corrected chi connectivity index (χ0v) is 16.3. The van der Waals surface area contributed by atoms with Gasteiger partial charge in [0, 0.05) is 39.9 Å². The SMILES string of the molecule is Cc1cc2nccc(SC(C)CNC(=O)OC(C)(C)C)c2cc1[N+](=O)[O-]. The molecular formula is C18H23N3O4S. The Labute approximate surface area is 156 Å². The first kappa shape index (κ1) is 20.0.